The van der Waals surface area contributed by atoms with Crippen molar-refractivity contribution in [3.63, 3.8) is 0 Å². The van der Waals surface area contributed by atoms with Crippen LogP contribution in [0.3, 0.4) is 0 Å². The first-order chi connectivity index (χ1) is 14.9. The van der Waals surface area contributed by atoms with Crippen LogP contribution in [0.15, 0.2) is 72.8 Å². The van der Waals surface area contributed by atoms with E-state index >= 15 is 0 Å². The van der Waals surface area contributed by atoms with Gasteiger partial charge in [0.25, 0.3) is 0 Å². The van der Waals surface area contributed by atoms with Crippen LogP contribution < -0.4 is 4.74 Å². The SMILES string of the molecule is FC(F)(F)c1cccc(COc2ccccc2Cc2cccc(C(F)(F)C(F)(F)F)c2)c1. The fourth-order valence-electron chi connectivity index (χ4n) is 3.05. The molecular weight excluding hydrogens is 444 g/mol. The lowest BCUT2D eigenvalue weighted by molar-refractivity contribution is -0.289. The van der Waals surface area contributed by atoms with Crippen molar-refractivity contribution in [2.75, 3.05) is 0 Å². The molecule has 32 heavy (non-hydrogen) atoms. The maximum absolute atomic E-state index is 13.7. The predicted molar refractivity (Wildman–Crippen MR) is 101 cm³/mol. The van der Waals surface area contributed by atoms with Gasteiger partial charge in [0.15, 0.2) is 0 Å². The molecular formula is C23H16F8O. The van der Waals surface area contributed by atoms with Gasteiger partial charge in [0.2, 0.25) is 0 Å². The maximum atomic E-state index is 13.7. The summed E-state index contributed by atoms with van der Waals surface area (Å²) in [7, 11) is 0. The zero-order chi connectivity index (χ0) is 23.6. The van der Waals surface area contributed by atoms with E-state index in [1.54, 1.807) is 18.2 Å². The van der Waals surface area contributed by atoms with E-state index in [0.29, 0.717) is 11.6 Å². The van der Waals surface area contributed by atoms with Gasteiger partial charge in [-0.15, -0.1) is 0 Å². The molecule has 0 bridgehead atoms. The molecule has 0 aliphatic rings. The van der Waals surface area contributed by atoms with E-state index < -0.39 is 29.4 Å². The minimum Gasteiger partial charge on any atom is -0.489 e. The monoisotopic (exact) mass is 460 g/mol. The van der Waals surface area contributed by atoms with Crippen molar-refractivity contribution in [1.82, 2.24) is 0 Å². The summed E-state index contributed by atoms with van der Waals surface area (Å²) in [6.45, 7) is -0.187. The lowest BCUT2D eigenvalue weighted by Gasteiger charge is -2.20. The molecule has 0 heterocycles. The first kappa shape index (κ1) is 23.6. The molecule has 3 aromatic rings. The molecule has 0 aromatic heterocycles. The third-order valence-corrected chi connectivity index (χ3v) is 4.66. The molecule has 1 nitrogen and oxygen atoms in total. The standard InChI is InChI=1S/C23H16F8O/c24-21(25,23(29,30)31)18-8-3-5-15(12-18)11-17-7-1-2-10-20(17)32-14-16-6-4-9-19(13-16)22(26,27)28/h1-10,12-13H,11,14H2. The smallest absolute Gasteiger partial charge is 0.458 e. The van der Waals surface area contributed by atoms with E-state index in [-0.39, 0.29) is 29.9 Å². The van der Waals surface area contributed by atoms with Crippen LogP contribution in [0.2, 0.25) is 0 Å². The van der Waals surface area contributed by atoms with Gasteiger partial charge < -0.3 is 4.74 Å². The van der Waals surface area contributed by atoms with E-state index in [1.165, 1.54) is 24.3 Å². The van der Waals surface area contributed by atoms with Crippen molar-refractivity contribution in [3.05, 3.63) is 101 Å². The Labute approximate surface area is 178 Å². The second-order valence-corrected chi connectivity index (χ2v) is 7.04. The minimum absolute atomic E-state index is 0.0134. The van der Waals surface area contributed by atoms with Crippen LogP contribution in [0.1, 0.15) is 27.8 Å². The van der Waals surface area contributed by atoms with Crippen molar-refractivity contribution in [2.24, 2.45) is 0 Å². The van der Waals surface area contributed by atoms with Gasteiger partial charge in [-0.3, -0.25) is 0 Å². The molecule has 0 aliphatic carbocycles. The van der Waals surface area contributed by atoms with E-state index in [4.69, 9.17) is 4.74 Å². The first-order valence-electron chi connectivity index (χ1n) is 9.29. The lowest BCUT2D eigenvalue weighted by atomic mass is 9.99. The molecule has 0 N–H and O–H groups in total. The number of hydrogen-bond acceptors (Lipinski definition) is 1. The van der Waals surface area contributed by atoms with Gasteiger partial charge in [0, 0.05) is 12.0 Å². The van der Waals surface area contributed by atoms with Gasteiger partial charge in [-0.25, -0.2) is 0 Å². The van der Waals surface area contributed by atoms with Crippen LogP contribution in [0, 0.1) is 0 Å². The Morgan fingerprint density at radius 1 is 0.625 bits per heavy atom. The lowest BCUT2D eigenvalue weighted by Crippen LogP contribution is -2.33. The van der Waals surface area contributed by atoms with Gasteiger partial charge in [-0.05, 0) is 41.0 Å². The fourth-order valence-corrected chi connectivity index (χ4v) is 3.05. The Balaban J connectivity index is 1.79. The van der Waals surface area contributed by atoms with Crippen LogP contribution in [-0.4, -0.2) is 6.18 Å². The van der Waals surface area contributed by atoms with Crippen molar-refractivity contribution >= 4 is 0 Å². The normalized spacial score (nSPS) is 12.6. The number of halogens is 8. The average Bonchev–Trinajstić information content (AvgIpc) is 2.72. The highest BCUT2D eigenvalue weighted by atomic mass is 19.4. The maximum Gasteiger partial charge on any atom is 0.458 e. The topological polar surface area (TPSA) is 9.23 Å². The highest BCUT2D eigenvalue weighted by molar-refractivity contribution is 5.39. The Morgan fingerprint density at radius 3 is 1.88 bits per heavy atom. The van der Waals surface area contributed by atoms with E-state index in [9.17, 15) is 35.1 Å². The summed E-state index contributed by atoms with van der Waals surface area (Å²) >= 11 is 0. The summed E-state index contributed by atoms with van der Waals surface area (Å²) in [6, 6.07) is 14.9. The molecule has 0 radical (unpaired) electrons. The number of para-hydroxylation sites is 1. The molecule has 0 atom stereocenters. The van der Waals surface area contributed by atoms with Crippen molar-refractivity contribution in [3.8, 4) is 5.75 Å². The highest BCUT2D eigenvalue weighted by Gasteiger charge is 2.58. The summed E-state index contributed by atoms with van der Waals surface area (Å²) in [4.78, 5) is 0. The van der Waals surface area contributed by atoms with Crippen molar-refractivity contribution in [1.29, 1.82) is 0 Å². The Morgan fingerprint density at radius 2 is 1.22 bits per heavy atom. The van der Waals surface area contributed by atoms with Crippen LogP contribution in [0.5, 0.6) is 5.75 Å². The first-order valence-corrected chi connectivity index (χ1v) is 9.29. The number of ether oxygens (including phenoxy) is 1. The second kappa shape index (κ2) is 8.80. The predicted octanol–water partition coefficient (Wildman–Crippen LogP) is 7.53. The van der Waals surface area contributed by atoms with Crippen molar-refractivity contribution in [2.45, 2.75) is 31.3 Å². The highest BCUT2D eigenvalue weighted by Crippen LogP contribution is 2.44. The quantitative estimate of drug-likeness (QED) is 0.346. The summed E-state index contributed by atoms with van der Waals surface area (Å²) in [5.41, 5.74) is -1.06. The average molecular weight is 460 g/mol. The zero-order valence-corrected chi connectivity index (χ0v) is 16.3. The van der Waals surface area contributed by atoms with Crippen LogP contribution in [0.25, 0.3) is 0 Å². The van der Waals surface area contributed by atoms with E-state index in [2.05, 4.69) is 0 Å². The molecule has 9 heteroatoms. The number of alkyl halides is 8. The number of hydrogen-bond donors (Lipinski definition) is 0. The summed E-state index contributed by atoms with van der Waals surface area (Å²) in [6.07, 6.45) is -10.2. The molecule has 0 fully saturated rings. The number of benzene rings is 3. The summed E-state index contributed by atoms with van der Waals surface area (Å²) in [5, 5.41) is 0. The van der Waals surface area contributed by atoms with Gasteiger partial charge in [0.05, 0.1) is 5.56 Å². The molecule has 0 aliphatic heterocycles. The van der Waals surface area contributed by atoms with Crippen LogP contribution >= 0.6 is 0 Å². The summed E-state index contributed by atoms with van der Waals surface area (Å²) in [5.74, 6) is -4.72. The van der Waals surface area contributed by atoms with Crippen LogP contribution in [0.4, 0.5) is 35.1 Å². The second-order valence-electron chi connectivity index (χ2n) is 7.04. The van der Waals surface area contributed by atoms with E-state index in [1.807, 2.05) is 0 Å². The third kappa shape index (κ3) is 5.38. The molecule has 0 amide bonds. The third-order valence-electron chi connectivity index (χ3n) is 4.66. The minimum atomic E-state index is -5.72. The Kier molecular flexibility index (Phi) is 6.48. The van der Waals surface area contributed by atoms with Gasteiger partial charge in [0.1, 0.15) is 12.4 Å². The molecule has 170 valence electrons. The molecule has 3 aromatic carbocycles. The van der Waals surface area contributed by atoms with Crippen molar-refractivity contribution < 1.29 is 39.9 Å². The molecule has 3 rings (SSSR count). The van der Waals surface area contributed by atoms with Gasteiger partial charge in [-0.1, -0.05) is 48.5 Å². The summed E-state index contributed by atoms with van der Waals surface area (Å²) < 4.78 is 110. The van der Waals surface area contributed by atoms with Gasteiger partial charge >= 0.3 is 18.3 Å². The molecule has 0 unspecified atom stereocenters. The molecule has 0 spiro atoms. The van der Waals surface area contributed by atoms with Crippen LogP contribution in [-0.2, 0) is 25.1 Å². The fraction of sp³-hybridized carbons (Fsp3) is 0.217. The largest absolute Gasteiger partial charge is 0.489 e. The zero-order valence-electron chi connectivity index (χ0n) is 16.3. The molecule has 0 saturated heterocycles. The Hall–Kier alpha value is -3.10. The van der Waals surface area contributed by atoms with E-state index in [0.717, 1.165) is 24.3 Å². The number of rotatable bonds is 6. The van der Waals surface area contributed by atoms with Gasteiger partial charge in [-0.2, -0.15) is 35.1 Å². The Bertz CT molecular complexity index is 1070. The molecule has 0 saturated carbocycles.